The van der Waals surface area contributed by atoms with Crippen molar-refractivity contribution in [2.45, 2.75) is 69.9 Å². The maximum atomic E-state index is 12.8. The van der Waals surface area contributed by atoms with Crippen molar-refractivity contribution < 1.29 is 19.2 Å². The predicted octanol–water partition coefficient (Wildman–Crippen LogP) is 3.61. The average molecular weight is 414 g/mol. The van der Waals surface area contributed by atoms with Gasteiger partial charge in [-0.1, -0.05) is 18.0 Å². The number of aryl methyl sites for hydroxylation is 1. The first-order valence-electron chi connectivity index (χ1n) is 11.1. The quantitative estimate of drug-likeness (QED) is 0.746. The van der Waals surface area contributed by atoms with Crippen molar-refractivity contribution >= 4 is 5.91 Å². The molecule has 0 radical (unpaired) electrons. The van der Waals surface area contributed by atoms with Crippen LogP contribution in [0.2, 0.25) is 0 Å². The number of methoxy groups -OCH3 is 1. The molecule has 1 saturated heterocycles. The third-order valence-electron chi connectivity index (χ3n) is 6.49. The summed E-state index contributed by atoms with van der Waals surface area (Å²) in [5.74, 6) is 2.31. The number of likely N-dealkylation sites (tertiary alicyclic amines) is 1. The summed E-state index contributed by atoms with van der Waals surface area (Å²) in [6.07, 6.45) is 7.69. The molecule has 1 amide bonds. The summed E-state index contributed by atoms with van der Waals surface area (Å²) in [7, 11) is 1.63. The third-order valence-corrected chi connectivity index (χ3v) is 6.49. The Morgan fingerprint density at radius 3 is 2.77 bits per heavy atom. The number of benzene rings is 1. The predicted molar refractivity (Wildman–Crippen MR) is 112 cm³/mol. The van der Waals surface area contributed by atoms with Crippen LogP contribution < -0.4 is 4.74 Å². The van der Waals surface area contributed by atoms with E-state index in [4.69, 9.17) is 9.26 Å². The Labute approximate surface area is 177 Å². The summed E-state index contributed by atoms with van der Waals surface area (Å²) in [5.41, 5.74) is 0.868. The number of hydrogen-bond donors (Lipinski definition) is 1. The van der Waals surface area contributed by atoms with Crippen molar-refractivity contribution in [3.05, 3.63) is 30.2 Å². The monoisotopic (exact) mass is 413 g/mol. The SMILES string of the molecule is COc1ccc(-c2noc(CCCC(=O)N3CCC[C@@H]3[C@H]3CCCC[C@@H]3O)n2)cc1. The van der Waals surface area contributed by atoms with E-state index < -0.39 is 0 Å². The molecule has 30 heavy (non-hydrogen) atoms. The molecule has 2 aliphatic rings. The zero-order valence-electron chi connectivity index (χ0n) is 17.6. The van der Waals surface area contributed by atoms with Gasteiger partial charge in [0.2, 0.25) is 17.6 Å². The fourth-order valence-electron chi connectivity index (χ4n) is 4.88. The van der Waals surface area contributed by atoms with Crippen molar-refractivity contribution in [2.75, 3.05) is 13.7 Å². The highest BCUT2D eigenvalue weighted by atomic mass is 16.5. The molecular formula is C23H31N3O4. The second-order valence-corrected chi connectivity index (χ2v) is 8.41. The Balaban J connectivity index is 1.28. The van der Waals surface area contributed by atoms with Gasteiger partial charge in [-0.05, 0) is 56.4 Å². The lowest BCUT2D eigenvalue weighted by Crippen LogP contribution is -2.45. The molecule has 3 atom stereocenters. The van der Waals surface area contributed by atoms with Gasteiger partial charge in [-0.2, -0.15) is 4.98 Å². The van der Waals surface area contributed by atoms with Crippen LogP contribution in [-0.2, 0) is 11.2 Å². The third kappa shape index (κ3) is 4.67. The molecule has 2 aromatic rings. The fourth-order valence-corrected chi connectivity index (χ4v) is 4.88. The van der Waals surface area contributed by atoms with Gasteiger partial charge in [0, 0.05) is 36.9 Å². The van der Waals surface area contributed by atoms with Crippen LogP contribution in [0.1, 0.15) is 57.3 Å². The largest absolute Gasteiger partial charge is 0.497 e. The molecule has 7 nitrogen and oxygen atoms in total. The lowest BCUT2D eigenvalue weighted by atomic mass is 9.80. The molecule has 1 N–H and O–H groups in total. The first kappa shape index (κ1) is 20.8. The van der Waals surface area contributed by atoms with Crippen molar-refractivity contribution in [1.29, 1.82) is 0 Å². The van der Waals surface area contributed by atoms with E-state index in [-0.39, 0.29) is 24.0 Å². The number of nitrogens with zero attached hydrogens (tertiary/aromatic N) is 3. The summed E-state index contributed by atoms with van der Waals surface area (Å²) < 4.78 is 10.5. The zero-order valence-corrected chi connectivity index (χ0v) is 17.6. The van der Waals surface area contributed by atoms with Gasteiger partial charge in [-0.25, -0.2) is 0 Å². The minimum absolute atomic E-state index is 0.185. The van der Waals surface area contributed by atoms with E-state index in [1.165, 1.54) is 0 Å². The van der Waals surface area contributed by atoms with Gasteiger partial charge in [-0.3, -0.25) is 4.79 Å². The molecule has 1 aliphatic heterocycles. The van der Waals surface area contributed by atoms with Gasteiger partial charge in [-0.15, -0.1) is 0 Å². The molecular weight excluding hydrogens is 382 g/mol. The van der Waals surface area contributed by atoms with Crippen LogP contribution in [0.3, 0.4) is 0 Å². The highest BCUT2D eigenvalue weighted by Crippen LogP contribution is 2.35. The number of ether oxygens (including phenoxy) is 1. The van der Waals surface area contributed by atoms with Crippen LogP contribution in [-0.4, -0.2) is 51.9 Å². The lowest BCUT2D eigenvalue weighted by Gasteiger charge is -2.37. The van der Waals surface area contributed by atoms with E-state index in [9.17, 15) is 9.90 Å². The number of carbonyl (C=O) groups is 1. The topological polar surface area (TPSA) is 88.7 Å². The van der Waals surface area contributed by atoms with Crippen molar-refractivity contribution in [2.24, 2.45) is 5.92 Å². The van der Waals surface area contributed by atoms with E-state index in [0.29, 0.717) is 31.0 Å². The van der Waals surface area contributed by atoms with Crippen LogP contribution in [0.5, 0.6) is 5.75 Å². The number of aliphatic hydroxyl groups is 1. The smallest absolute Gasteiger partial charge is 0.226 e. The molecule has 162 valence electrons. The van der Waals surface area contributed by atoms with E-state index >= 15 is 0 Å². The average Bonchev–Trinajstić information content (AvgIpc) is 3.44. The van der Waals surface area contributed by atoms with E-state index in [2.05, 4.69) is 10.1 Å². The molecule has 2 heterocycles. The van der Waals surface area contributed by atoms with Gasteiger partial charge in [0.25, 0.3) is 0 Å². The van der Waals surface area contributed by atoms with Crippen molar-refractivity contribution in [1.82, 2.24) is 15.0 Å². The Morgan fingerprint density at radius 2 is 2.00 bits per heavy atom. The lowest BCUT2D eigenvalue weighted by molar-refractivity contribution is -0.134. The second-order valence-electron chi connectivity index (χ2n) is 8.41. The van der Waals surface area contributed by atoms with Crippen LogP contribution in [0.25, 0.3) is 11.4 Å². The Hall–Kier alpha value is -2.41. The van der Waals surface area contributed by atoms with E-state index in [0.717, 1.165) is 56.4 Å². The number of carbonyl (C=O) groups excluding carboxylic acids is 1. The van der Waals surface area contributed by atoms with Gasteiger partial charge in [0.05, 0.1) is 13.2 Å². The van der Waals surface area contributed by atoms with Gasteiger partial charge in [0.15, 0.2) is 0 Å². The maximum Gasteiger partial charge on any atom is 0.226 e. The summed E-state index contributed by atoms with van der Waals surface area (Å²) in [4.78, 5) is 19.3. The molecule has 1 aromatic heterocycles. The van der Waals surface area contributed by atoms with Crippen LogP contribution >= 0.6 is 0 Å². The van der Waals surface area contributed by atoms with Gasteiger partial charge >= 0.3 is 0 Å². The van der Waals surface area contributed by atoms with Crippen LogP contribution in [0.15, 0.2) is 28.8 Å². The molecule has 1 aromatic carbocycles. The highest BCUT2D eigenvalue weighted by molar-refractivity contribution is 5.76. The van der Waals surface area contributed by atoms with Crippen LogP contribution in [0.4, 0.5) is 0 Å². The molecule has 1 aliphatic carbocycles. The number of hydrogen-bond acceptors (Lipinski definition) is 6. The minimum Gasteiger partial charge on any atom is -0.497 e. The molecule has 0 spiro atoms. The molecule has 1 saturated carbocycles. The number of amides is 1. The first-order valence-corrected chi connectivity index (χ1v) is 11.1. The molecule has 7 heteroatoms. The summed E-state index contributed by atoms with van der Waals surface area (Å²) in [5, 5.41) is 14.5. The van der Waals surface area contributed by atoms with Gasteiger partial charge < -0.3 is 19.3 Å². The summed E-state index contributed by atoms with van der Waals surface area (Å²) in [6, 6.07) is 7.71. The number of aromatic nitrogens is 2. The van der Waals surface area contributed by atoms with Crippen molar-refractivity contribution in [3.8, 4) is 17.1 Å². The standard InChI is InChI=1S/C23H31N3O4/c1-29-17-13-11-16(12-14-17)23-24-21(30-25-23)9-4-10-22(28)26-15-5-7-19(26)18-6-2-3-8-20(18)27/h11-14,18-20,27H,2-10,15H2,1H3/t18-,19-,20+/m1/s1. The van der Waals surface area contributed by atoms with E-state index in [1.807, 2.05) is 29.2 Å². The Morgan fingerprint density at radius 1 is 1.20 bits per heavy atom. The second kappa shape index (κ2) is 9.60. The number of aliphatic hydroxyl groups excluding tert-OH is 1. The normalized spacial score (nSPS) is 24.2. The Kier molecular flexibility index (Phi) is 6.67. The molecule has 4 rings (SSSR count). The minimum atomic E-state index is -0.257. The molecule has 0 unspecified atom stereocenters. The molecule has 2 fully saturated rings. The van der Waals surface area contributed by atoms with E-state index in [1.54, 1.807) is 7.11 Å². The highest BCUT2D eigenvalue weighted by Gasteiger charge is 2.38. The number of rotatable bonds is 7. The summed E-state index contributed by atoms with van der Waals surface area (Å²) in [6.45, 7) is 0.814. The van der Waals surface area contributed by atoms with Crippen LogP contribution in [0, 0.1) is 5.92 Å². The first-order chi connectivity index (χ1) is 14.7. The Bertz CT molecular complexity index is 835. The fraction of sp³-hybridized carbons (Fsp3) is 0.609. The maximum absolute atomic E-state index is 12.8. The summed E-state index contributed by atoms with van der Waals surface area (Å²) >= 11 is 0. The molecule has 0 bridgehead atoms. The zero-order chi connectivity index (χ0) is 20.9. The van der Waals surface area contributed by atoms with Crippen molar-refractivity contribution in [3.63, 3.8) is 0 Å². The van der Waals surface area contributed by atoms with Gasteiger partial charge in [0.1, 0.15) is 5.75 Å².